The second kappa shape index (κ2) is 7.52. The number of hydrogen-bond acceptors (Lipinski definition) is 7. The van der Waals surface area contributed by atoms with Crippen LogP contribution in [0.4, 0.5) is 6.01 Å². The summed E-state index contributed by atoms with van der Waals surface area (Å²) >= 11 is 7.16. The van der Waals surface area contributed by atoms with Crippen LogP contribution in [0.25, 0.3) is 11.4 Å². The standard InChI is InChI=1S/C15H15ClN4O3S2/c1-10-5-6-13(24-10)25(21,22)18-8-7-17-15-19-14(20-23-15)11-3-2-4-12(16)9-11/h2-6,9,18H,7-8H2,1H3,(H,17,19,20). The topological polar surface area (TPSA) is 97.1 Å². The van der Waals surface area contributed by atoms with Crippen LogP contribution in [0.5, 0.6) is 0 Å². The third kappa shape index (κ3) is 4.57. The molecule has 132 valence electrons. The number of sulfonamides is 1. The van der Waals surface area contributed by atoms with Crippen molar-refractivity contribution in [3.05, 3.63) is 46.3 Å². The van der Waals surface area contributed by atoms with Crippen molar-refractivity contribution >= 4 is 39.0 Å². The van der Waals surface area contributed by atoms with Crippen LogP contribution < -0.4 is 10.0 Å². The molecule has 0 saturated heterocycles. The molecule has 3 aromatic rings. The minimum Gasteiger partial charge on any atom is -0.336 e. The number of aryl methyl sites for hydroxylation is 1. The molecule has 0 fully saturated rings. The van der Waals surface area contributed by atoms with Crippen LogP contribution in [0.2, 0.25) is 5.02 Å². The number of halogens is 1. The summed E-state index contributed by atoms with van der Waals surface area (Å²) in [5.41, 5.74) is 0.734. The number of nitrogens with one attached hydrogen (secondary N) is 2. The average Bonchev–Trinajstić information content (AvgIpc) is 3.21. The highest BCUT2D eigenvalue weighted by Gasteiger charge is 2.15. The Morgan fingerprint density at radius 2 is 2.08 bits per heavy atom. The van der Waals surface area contributed by atoms with Gasteiger partial charge in [-0.15, -0.1) is 11.3 Å². The molecule has 2 N–H and O–H groups in total. The summed E-state index contributed by atoms with van der Waals surface area (Å²) in [5, 5.41) is 7.32. The largest absolute Gasteiger partial charge is 0.336 e. The lowest BCUT2D eigenvalue weighted by Gasteiger charge is -2.04. The Morgan fingerprint density at radius 3 is 2.80 bits per heavy atom. The molecule has 10 heteroatoms. The fraction of sp³-hybridized carbons (Fsp3) is 0.200. The first-order chi connectivity index (χ1) is 11.9. The predicted molar refractivity (Wildman–Crippen MR) is 97.5 cm³/mol. The van der Waals surface area contributed by atoms with Crippen molar-refractivity contribution in [3.63, 3.8) is 0 Å². The molecular formula is C15H15ClN4O3S2. The fourth-order valence-electron chi connectivity index (χ4n) is 2.02. The quantitative estimate of drug-likeness (QED) is 0.593. The highest BCUT2D eigenvalue weighted by molar-refractivity contribution is 7.91. The molecule has 0 amide bonds. The molecule has 25 heavy (non-hydrogen) atoms. The molecule has 1 aromatic carbocycles. The molecule has 0 bridgehead atoms. The van der Waals surface area contributed by atoms with E-state index in [1.807, 2.05) is 13.0 Å². The van der Waals surface area contributed by atoms with Crippen LogP contribution >= 0.6 is 22.9 Å². The van der Waals surface area contributed by atoms with E-state index in [0.29, 0.717) is 21.6 Å². The Hall–Kier alpha value is -1.94. The van der Waals surface area contributed by atoms with E-state index in [1.54, 1.807) is 30.3 Å². The zero-order valence-electron chi connectivity index (χ0n) is 13.2. The van der Waals surface area contributed by atoms with Gasteiger partial charge < -0.3 is 9.84 Å². The average molecular weight is 399 g/mol. The summed E-state index contributed by atoms with van der Waals surface area (Å²) in [5.74, 6) is 0.402. The SMILES string of the molecule is Cc1ccc(S(=O)(=O)NCCNc2nc(-c3cccc(Cl)c3)no2)s1. The Labute approximate surface area is 154 Å². The number of anilines is 1. The molecule has 0 atom stereocenters. The van der Waals surface area contributed by atoms with Gasteiger partial charge in [-0.2, -0.15) is 4.98 Å². The summed E-state index contributed by atoms with van der Waals surface area (Å²) in [7, 11) is -3.49. The van der Waals surface area contributed by atoms with E-state index >= 15 is 0 Å². The van der Waals surface area contributed by atoms with Gasteiger partial charge in [-0.25, -0.2) is 13.1 Å². The van der Waals surface area contributed by atoms with Gasteiger partial charge in [-0.3, -0.25) is 0 Å². The predicted octanol–water partition coefficient (Wildman–Crippen LogP) is 3.15. The van der Waals surface area contributed by atoms with Crippen LogP contribution in [-0.2, 0) is 10.0 Å². The molecule has 0 aliphatic carbocycles. The highest BCUT2D eigenvalue weighted by Crippen LogP contribution is 2.21. The molecule has 3 rings (SSSR count). The van der Waals surface area contributed by atoms with Crippen molar-refractivity contribution in [3.8, 4) is 11.4 Å². The molecule has 2 heterocycles. The Kier molecular flexibility index (Phi) is 5.38. The van der Waals surface area contributed by atoms with Crippen molar-refractivity contribution in [2.45, 2.75) is 11.1 Å². The number of rotatable bonds is 7. The molecular weight excluding hydrogens is 384 g/mol. The number of benzene rings is 1. The maximum absolute atomic E-state index is 12.1. The smallest absolute Gasteiger partial charge is 0.321 e. The lowest BCUT2D eigenvalue weighted by molar-refractivity contribution is 0.432. The van der Waals surface area contributed by atoms with Gasteiger partial charge in [0, 0.05) is 28.6 Å². The van der Waals surface area contributed by atoms with Crippen LogP contribution in [0.1, 0.15) is 4.88 Å². The van der Waals surface area contributed by atoms with Crippen molar-refractivity contribution in [2.75, 3.05) is 18.4 Å². The number of aromatic nitrogens is 2. The Balaban J connectivity index is 1.53. The molecule has 0 unspecified atom stereocenters. The van der Waals surface area contributed by atoms with Crippen LogP contribution in [0.15, 0.2) is 45.1 Å². The number of thiophene rings is 1. The van der Waals surface area contributed by atoms with Gasteiger partial charge in [0.1, 0.15) is 4.21 Å². The molecule has 0 radical (unpaired) electrons. The van der Waals surface area contributed by atoms with E-state index in [-0.39, 0.29) is 12.6 Å². The van der Waals surface area contributed by atoms with E-state index in [2.05, 4.69) is 20.2 Å². The van der Waals surface area contributed by atoms with Gasteiger partial charge in [-0.05, 0) is 31.2 Å². The van der Waals surface area contributed by atoms with Crippen molar-refractivity contribution < 1.29 is 12.9 Å². The molecule has 0 aliphatic heterocycles. The van der Waals surface area contributed by atoms with E-state index < -0.39 is 10.0 Å². The van der Waals surface area contributed by atoms with Crippen LogP contribution in [-0.4, -0.2) is 31.6 Å². The molecule has 0 aliphatic rings. The second-order valence-corrected chi connectivity index (χ2v) is 8.84. The summed E-state index contributed by atoms with van der Waals surface area (Å²) in [4.78, 5) is 5.14. The van der Waals surface area contributed by atoms with Gasteiger partial charge in [-0.1, -0.05) is 28.9 Å². The third-order valence-electron chi connectivity index (χ3n) is 3.18. The van der Waals surface area contributed by atoms with Crippen molar-refractivity contribution in [1.82, 2.24) is 14.9 Å². The number of nitrogens with zero attached hydrogens (tertiary/aromatic N) is 2. The highest BCUT2D eigenvalue weighted by atomic mass is 35.5. The lowest BCUT2D eigenvalue weighted by Crippen LogP contribution is -2.28. The van der Waals surface area contributed by atoms with E-state index in [4.69, 9.17) is 16.1 Å². The van der Waals surface area contributed by atoms with Gasteiger partial charge in [0.05, 0.1) is 0 Å². The first kappa shape index (κ1) is 17.9. The van der Waals surface area contributed by atoms with Gasteiger partial charge >= 0.3 is 6.01 Å². The summed E-state index contributed by atoms with van der Waals surface area (Å²) in [6.45, 7) is 2.35. The maximum atomic E-state index is 12.1. The molecule has 0 saturated carbocycles. The summed E-state index contributed by atoms with van der Waals surface area (Å²) in [6.07, 6.45) is 0. The molecule has 2 aromatic heterocycles. The molecule has 0 spiro atoms. The lowest BCUT2D eigenvalue weighted by atomic mass is 10.2. The Morgan fingerprint density at radius 1 is 1.24 bits per heavy atom. The minimum atomic E-state index is -3.49. The first-order valence-corrected chi connectivity index (χ1v) is 10.0. The first-order valence-electron chi connectivity index (χ1n) is 7.34. The summed E-state index contributed by atoms with van der Waals surface area (Å²) in [6, 6.07) is 10.7. The van der Waals surface area contributed by atoms with E-state index in [1.165, 1.54) is 11.3 Å². The van der Waals surface area contributed by atoms with Crippen LogP contribution in [0.3, 0.4) is 0 Å². The third-order valence-corrected chi connectivity index (χ3v) is 6.37. The minimum absolute atomic E-state index is 0.189. The van der Waals surface area contributed by atoms with Crippen molar-refractivity contribution in [2.24, 2.45) is 0 Å². The maximum Gasteiger partial charge on any atom is 0.321 e. The van der Waals surface area contributed by atoms with Crippen molar-refractivity contribution in [1.29, 1.82) is 0 Å². The number of hydrogen-bond donors (Lipinski definition) is 2. The van der Waals surface area contributed by atoms with Crippen LogP contribution in [0, 0.1) is 6.92 Å². The Bertz CT molecular complexity index is 969. The van der Waals surface area contributed by atoms with Gasteiger partial charge in [0.2, 0.25) is 15.8 Å². The zero-order valence-corrected chi connectivity index (χ0v) is 15.6. The fourth-order valence-corrected chi connectivity index (χ4v) is 4.57. The zero-order chi connectivity index (χ0) is 17.9. The monoisotopic (exact) mass is 398 g/mol. The van der Waals surface area contributed by atoms with E-state index in [9.17, 15) is 8.42 Å². The normalized spacial score (nSPS) is 11.6. The van der Waals surface area contributed by atoms with E-state index in [0.717, 1.165) is 10.4 Å². The van der Waals surface area contributed by atoms with Gasteiger partial charge in [0.25, 0.3) is 0 Å². The van der Waals surface area contributed by atoms with Gasteiger partial charge in [0.15, 0.2) is 0 Å². The second-order valence-electron chi connectivity index (χ2n) is 5.12. The molecule has 7 nitrogen and oxygen atoms in total. The summed E-state index contributed by atoms with van der Waals surface area (Å²) < 4.78 is 32.1.